The van der Waals surface area contributed by atoms with Crippen LogP contribution in [0.15, 0.2) is 29.3 Å². The summed E-state index contributed by atoms with van der Waals surface area (Å²) < 4.78 is 5.72. The van der Waals surface area contributed by atoms with Crippen LogP contribution in [-0.2, 0) is 0 Å². The third-order valence-corrected chi connectivity index (χ3v) is 3.17. The van der Waals surface area contributed by atoms with Crippen molar-refractivity contribution in [1.29, 1.82) is 0 Å². The second-order valence-electron chi connectivity index (χ2n) is 4.00. The van der Waals surface area contributed by atoms with Crippen molar-refractivity contribution < 1.29 is 4.74 Å². The average Bonchev–Trinajstić information content (AvgIpc) is 2.29. The van der Waals surface area contributed by atoms with Crippen LogP contribution >= 0.6 is 0 Å². The molecule has 2 aliphatic rings. The van der Waals surface area contributed by atoms with Crippen LogP contribution in [0.4, 0.5) is 0 Å². The zero-order chi connectivity index (χ0) is 9.38. The van der Waals surface area contributed by atoms with E-state index in [-0.39, 0.29) is 0 Å². The summed E-state index contributed by atoms with van der Waals surface area (Å²) in [4.78, 5) is 4.33. The van der Waals surface area contributed by atoms with Gasteiger partial charge in [0, 0.05) is 18.4 Å². The predicted molar refractivity (Wildman–Crippen MR) is 56.1 cm³/mol. The Kier molecular flexibility index (Phi) is 1.79. The van der Waals surface area contributed by atoms with Crippen molar-refractivity contribution in [3.63, 3.8) is 0 Å². The molecule has 0 aromatic heterocycles. The number of hydrogen-bond acceptors (Lipinski definition) is 2. The van der Waals surface area contributed by atoms with Crippen LogP contribution in [0.25, 0.3) is 0 Å². The highest BCUT2D eigenvalue weighted by Crippen LogP contribution is 2.39. The van der Waals surface area contributed by atoms with Crippen molar-refractivity contribution >= 4 is 6.21 Å². The van der Waals surface area contributed by atoms with E-state index in [1.54, 1.807) is 0 Å². The molecular formula is C12H13NO. The van der Waals surface area contributed by atoms with Gasteiger partial charge < -0.3 is 4.74 Å². The SMILES string of the molecule is C1=NCC2COc3ccccc3C2C1. The molecular weight excluding hydrogens is 174 g/mol. The number of nitrogens with zero attached hydrogens (tertiary/aromatic N) is 1. The highest BCUT2D eigenvalue weighted by atomic mass is 16.5. The molecule has 0 spiro atoms. The van der Waals surface area contributed by atoms with Crippen LogP contribution < -0.4 is 4.74 Å². The molecule has 3 rings (SSSR count). The Morgan fingerprint density at radius 3 is 3.21 bits per heavy atom. The van der Waals surface area contributed by atoms with Gasteiger partial charge in [-0.25, -0.2) is 0 Å². The third-order valence-electron chi connectivity index (χ3n) is 3.17. The van der Waals surface area contributed by atoms with Gasteiger partial charge in [-0.15, -0.1) is 0 Å². The first-order chi connectivity index (χ1) is 6.95. The molecule has 2 aliphatic heterocycles. The van der Waals surface area contributed by atoms with Gasteiger partial charge in [0.05, 0.1) is 6.61 Å². The molecule has 1 aromatic rings. The first kappa shape index (κ1) is 8.04. The second-order valence-corrected chi connectivity index (χ2v) is 4.00. The number of fused-ring (bicyclic) bond motifs is 3. The summed E-state index contributed by atoms with van der Waals surface area (Å²) in [7, 11) is 0. The van der Waals surface area contributed by atoms with E-state index in [1.165, 1.54) is 5.56 Å². The first-order valence-corrected chi connectivity index (χ1v) is 5.15. The monoisotopic (exact) mass is 187 g/mol. The van der Waals surface area contributed by atoms with Crippen LogP contribution in [0.1, 0.15) is 17.9 Å². The molecule has 0 aliphatic carbocycles. The number of para-hydroxylation sites is 1. The third kappa shape index (κ3) is 1.14. The van der Waals surface area contributed by atoms with Gasteiger partial charge in [-0.05, 0) is 24.3 Å². The van der Waals surface area contributed by atoms with E-state index < -0.39 is 0 Å². The van der Waals surface area contributed by atoms with Crippen molar-refractivity contribution in [1.82, 2.24) is 0 Å². The lowest BCUT2D eigenvalue weighted by molar-refractivity contribution is 0.196. The van der Waals surface area contributed by atoms with E-state index in [2.05, 4.69) is 29.4 Å². The molecule has 2 nitrogen and oxygen atoms in total. The minimum Gasteiger partial charge on any atom is -0.493 e. The molecule has 0 saturated carbocycles. The lowest BCUT2D eigenvalue weighted by atomic mass is 9.81. The summed E-state index contributed by atoms with van der Waals surface area (Å²) in [5.74, 6) is 2.30. The van der Waals surface area contributed by atoms with E-state index in [1.807, 2.05) is 6.07 Å². The fourth-order valence-corrected chi connectivity index (χ4v) is 2.38. The van der Waals surface area contributed by atoms with Crippen LogP contribution in [0.3, 0.4) is 0 Å². The molecule has 0 N–H and O–H groups in total. The zero-order valence-electron chi connectivity index (χ0n) is 8.02. The van der Waals surface area contributed by atoms with E-state index in [4.69, 9.17) is 4.74 Å². The largest absolute Gasteiger partial charge is 0.493 e. The fourth-order valence-electron chi connectivity index (χ4n) is 2.38. The molecule has 0 amide bonds. The lowest BCUT2D eigenvalue weighted by Gasteiger charge is -2.34. The van der Waals surface area contributed by atoms with Gasteiger partial charge in [-0.2, -0.15) is 0 Å². The number of benzene rings is 1. The summed E-state index contributed by atoms with van der Waals surface area (Å²) in [6.45, 7) is 1.76. The lowest BCUT2D eigenvalue weighted by Crippen LogP contribution is -2.30. The number of aliphatic imine (C=N–C) groups is 1. The van der Waals surface area contributed by atoms with E-state index in [0.29, 0.717) is 11.8 Å². The summed E-state index contributed by atoms with van der Waals surface area (Å²) in [6, 6.07) is 8.38. The predicted octanol–water partition coefficient (Wildman–Crippen LogP) is 2.25. The fraction of sp³-hybridized carbons (Fsp3) is 0.417. The normalized spacial score (nSPS) is 28.9. The van der Waals surface area contributed by atoms with Crippen LogP contribution in [0.5, 0.6) is 5.75 Å². The van der Waals surface area contributed by atoms with Crippen molar-refractivity contribution in [3.05, 3.63) is 29.8 Å². The highest BCUT2D eigenvalue weighted by molar-refractivity contribution is 5.61. The highest BCUT2D eigenvalue weighted by Gasteiger charge is 2.31. The Hall–Kier alpha value is -1.31. The Balaban J connectivity index is 2.04. The maximum Gasteiger partial charge on any atom is 0.122 e. The maximum absolute atomic E-state index is 5.72. The Morgan fingerprint density at radius 1 is 1.29 bits per heavy atom. The van der Waals surface area contributed by atoms with Crippen molar-refractivity contribution in [2.75, 3.05) is 13.2 Å². The van der Waals surface area contributed by atoms with Gasteiger partial charge in [0.2, 0.25) is 0 Å². The van der Waals surface area contributed by atoms with Gasteiger partial charge >= 0.3 is 0 Å². The van der Waals surface area contributed by atoms with Crippen LogP contribution in [0.2, 0.25) is 0 Å². The van der Waals surface area contributed by atoms with Crippen LogP contribution in [-0.4, -0.2) is 19.4 Å². The summed E-state index contributed by atoms with van der Waals surface area (Å²) in [5.41, 5.74) is 1.37. The molecule has 72 valence electrons. The standard InChI is InChI=1S/C12H13NO/c1-2-4-12-11(3-1)10-5-6-13-7-9(10)8-14-12/h1-4,6,9-10H,5,7-8H2. The first-order valence-electron chi connectivity index (χ1n) is 5.15. The topological polar surface area (TPSA) is 21.6 Å². The molecule has 2 heteroatoms. The van der Waals surface area contributed by atoms with E-state index in [9.17, 15) is 0 Å². The zero-order valence-corrected chi connectivity index (χ0v) is 8.02. The Morgan fingerprint density at radius 2 is 2.21 bits per heavy atom. The quantitative estimate of drug-likeness (QED) is 0.610. The van der Waals surface area contributed by atoms with Gasteiger partial charge in [0.15, 0.2) is 0 Å². The number of rotatable bonds is 0. The molecule has 0 fully saturated rings. The smallest absolute Gasteiger partial charge is 0.122 e. The minimum absolute atomic E-state index is 0.592. The van der Waals surface area contributed by atoms with Crippen molar-refractivity contribution in [2.45, 2.75) is 12.3 Å². The molecule has 14 heavy (non-hydrogen) atoms. The van der Waals surface area contributed by atoms with Gasteiger partial charge in [-0.1, -0.05) is 18.2 Å². The van der Waals surface area contributed by atoms with Gasteiger partial charge in [0.1, 0.15) is 5.75 Å². The Labute approximate surface area is 83.6 Å². The Bertz CT molecular complexity index is 372. The molecule has 2 unspecified atom stereocenters. The molecule has 2 heterocycles. The molecule has 2 atom stereocenters. The minimum atomic E-state index is 0.592. The van der Waals surface area contributed by atoms with Gasteiger partial charge in [0.25, 0.3) is 0 Å². The second kappa shape index (κ2) is 3.12. The summed E-state index contributed by atoms with van der Waals surface area (Å²) in [5, 5.41) is 0. The van der Waals surface area contributed by atoms with Crippen molar-refractivity contribution in [3.8, 4) is 5.75 Å². The van der Waals surface area contributed by atoms with Gasteiger partial charge in [-0.3, -0.25) is 4.99 Å². The number of ether oxygens (including phenoxy) is 1. The molecule has 1 aromatic carbocycles. The maximum atomic E-state index is 5.72. The van der Waals surface area contributed by atoms with Crippen molar-refractivity contribution in [2.24, 2.45) is 10.9 Å². The number of hydrogen-bond donors (Lipinski definition) is 0. The van der Waals surface area contributed by atoms with E-state index >= 15 is 0 Å². The summed E-state index contributed by atoms with van der Waals surface area (Å²) >= 11 is 0. The van der Waals surface area contributed by atoms with E-state index in [0.717, 1.165) is 25.3 Å². The molecule has 0 saturated heterocycles. The molecule has 0 radical (unpaired) electrons. The van der Waals surface area contributed by atoms with Crippen LogP contribution in [0, 0.1) is 5.92 Å². The molecule has 0 bridgehead atoms. The summed E-state index contributed by atoms with van der Waals surface area (Å²) in [6.07, 6.45) is 3.13. The average molecular weight is 187 g/mol.